The number of alkyl halides is 1. The van der Waals surface area contributed by atoms with Crippen LogP contribution in [-0.4, -0.2) is 30.3 Å². The molecule has 2 aromatic carbocycles. The molecule has 3 aliphatic rings. The first kappa shape index (κ1) is 27.3. The molecule has 204 valence electrons. The van der Waals surface area contributed by atoms with E-state index in [2.05, 4.69) is 32.6 Å². The molecule has 2 N–H and O–H groups in total. The van der Waals surface area contributed by atoms with Crippen molar-refractivity contribution in [2.75, 3.05) is 23.3 Å². The van der Waals surface area contributed by atoms with Crippen LogP contribution in [0.1, 0.15) is 43.2 Å². The second-order valence-corrected chi connectivity index (χ2v) is 13.4. The summed E-state index contributed by atoms with van der Waals surface area (Å²) in [6.45, 7) is 0.910. The van der Waals surface area contributed by atoms with Crippen molar-refractivity contribution in [3.63, 3.8) is 0 Å². The lowest BCUT2D eigenvalue weighted by Gasteiger charge is -2.23. The molecule has 0 aromatic heterocycles. The number of rotatable bonds is 11. The van der Waals surface area contributed by atoms with Gasteiger partial charge < -0.3 is 14.8 Å². The van der Waals surface area contributed by atoms with E-state index in [0.29, 0.717) is 45.3 Å². The van der Waals surface area contributed by atoms with Crippen molar-refractivity contribution in [1.29, 1.82) is 0 Å². The van der Waals surface area contributed by atoms with Crippen LogP contribution in [0.25, 0.3) is 0 Å². The van der Waals surface area contributed by atoms with Crippen molar-refractivity contribution in [2.45, 2.75) is 53.8 Å². The normalized spacial score (nSPS) is 19.7. The standard InChI is InChI=1S/C27H28F3IN2O4S/c28-20-15-18(31)7-8-21(20)32-24-23(30)22(29)19-9-14-37-26(19)25(24)33-38(34,35)27(11-12-27)10-4-13-36-16-17-5-2-1-3-6-17/h1-3,5-6,8,15,18,32-33H,4,7,9-14,16H2. The summed E-state index contributed by atoms with van der Waals surface area (Å²) >= 11 is 2.06. The van der Waals surface area contributed by atoms with Crippen LogP contribution in [0.5, 0.6) is 5.75 Å². The van der Waals surface area contributed by atoms with Crippen molar-refractivity contribution in [3.8, 4) is 5.75 Å². The number of benzene rings is 2. The average Bonchev–Trinajstić information content (AvgIpc) is 3.54. The fourth-order valence-electron chi connectivity index (χ4n) is 4.75. The summed E-state index contributed by atoms with van der Waals surface area (Å²) in [5, 5.41) is 2.60. The fourth-order valence-corrected chi connectivity index (χ4v) is 7.06. The first-order valence-electron chi connectivity index (χ1n) is 12.5. The molecule has 0 saturated heterocycles. The maximum atomic E-state index is 15.3. The lowest BCUT2D eigenvalue weighted by Crippen LogP contribution is -2.31. The van der Waals surface area contributed by atoms with Gasteiger partial charge in [0.2, 0.25) is 10.0 Å². The van der Waals surface area contributed by atoms with Gasteiger partial charge in [0.05, 0.1) is 23.7 Å². The topological polar surface area (TPSA) is 76.7 Å². The summed E-state index contributed by atoms with van der Waals surface area (Å²) in [5.74, 6) is -3.10. The molecule has 38 heavy (non-hydrogen) atoms. The Kier molecular flexibility index (Phi) is 7.97. The molecule has 2 aliphatic carbocycles. The van der Waals surface area contributed by atoms with E-state index in [9.17, 15) is 17.2 Å². The summed E-state index contributed by atoms with van der Waals surface area (Å²) in [4.78, 5) is 0. The number of ether oxygens (including phenoxy) is 2. The van der Waals surface area contributed by atoms with Crippen LogP contribution < -0.4 is 14.8 Å². The molecule has 1 fully saturated rings. The van der Waals surface area contributed by atoms with Gasteiger partial charge in [-0.15, -0.1) is 0 Å². The quantitative estimate of drug-likeness (QED) is 0.163. The predicted octanol–water partition coefficient (Wildman–Crippen LogP) is 6.53. The van der Waals surface area contributed by atoms with E-state index in [1.54, 1.807) is 0 Å². The van der Waals surface area contributed by atoms with E-state index in [0.717, 1.165) is 5.56 Å². The van der Waals surface area contributed by atoms with Gasteiger partial charge >= 0.3 is 0 Å². The van der Waals surface area contributed by atoms with Crippen molar-refractivity contribution >= 4 is 44.0 Å². The van der Waals surface area contributed by atoms with Crippen LogP contribution in [-0.2, 0) is 27.8 Å². The fraction of sp³-hybridized carbons (Fsp3) is 0.407. The minimum Gasteiger partial charge on any atom is -0.491 e. The molecule has 11 heteroatoms. The Balaban J connectivity index is 1.34. The van der Waals surface area contributed by atoms with E-state index in [4.69, 9.17) is 9.47 Å². The third-order valence-electron chi connectivity index (χ3n) is 7.06. The monoisotopic (exact) mass is 660 g/mol. The Hall–Kier alpha value is -2.25. The summed E-state index contributed by atoms with van der Waals surface area (Å²) in [6, 6.07) is 9.68. The first-order chi connectivity index (χ1) is 18.2. The van der Waals surface area contributed by atoms with Crippen LogP contribution in [0.2, 0.25) is 0 Å². The predicted molar refractivity (Wildman–Crippen MR) is 149 cm³/mol. The molecule has 1 unspecified atom stereocenters. The SMILES string of the molecule is O=S(=O)(Nc1c(NC2=CCC(I)C=C2F)c(F)c(F)c2c1OCC2)C1(CCCOCc2ccccc2)CC1. The number of anilines is 2. The van der Waals surface area contributed by atoms with Gasteiger partial charge in [0.1, 0.15) is 17.2 Å². The van der Waals surface area contributed by atoms with Gasteiger partial charge in [0.25, 0.3) is 0 Å². The zero-order valence-corrected chi connectivity index (χ0v) is 23.5. The van der Waals surface area contributed by atoms with Crippen molar-refractivity contribution in [3.05, 3.63) is 76.8 Å². The molecule has 2 aromatic rings. The van der Waals surface area contributed by atoms with Gasteiger partial charge in [-0.1, -0.05) is 59.0 Å². The number of halogens is 4. The maximum absolute atomic E-state index is 15.3. The molecule has 1 heterocycles. The van der Waals surface area contributed by atoms with Gasteiger partial charge in [0.15, 0.2) is 17.4 Å². The number of fused-ring (bicyclic) bond motifs is 1. The minimum atomic E-state index is -4.02. The highest BCUT2D eigenvalue weighted by Crippen LogP contribution is 2.51. The van der Waals surface area contributed by atoms with Crippen LogP contribution in [0.4, 0.5) is 24.5 Å². The second kappa shape index (κ2) is 11.1. The molecule has 0 radical (unpaired) electrons. The molecule has 0 bridgehead atoms. The Labute approximate surface area is 233 Å². The Bertz CT molecular complexity index is 1380. The molecule has 0 amide bonds. The molecular formula is C27H28F3IN2O4S. The third kappa shape index (κ3) is 5.55. The third-order valence-corrected chi connectivity index (χ3v) is 10.2. The molecule has 0 spiro atoms. The molecular weight excluding hydrogens is 632 g/mol. The highest BCUT2D eigenvalue weighted by atomic mass is 127. The van der Waals surface area contributed by atoms with Crippen LogP contribution in [0.15, 0.2) is 54.0 Å². The minimum absolute atomic E-state index is 0.0362. The molecule has 6 nitrogen and oxygen atoms in total. The smallest absolute Gasteiger partial charge is 0.238 e. The van der Waals surface area contributed by atoms with Crippen molar-refractivity contribution in [1.82, 2.24) is 0 Å². The largest absolute Gasteiger partial charge is 0.491 e. The molecule has 1 saturated carbocycles. The highest BCUT2D eigenvalue weighted by molar-refractivity contribution is 14.1. The Morgan fingerprint density at radius 3 is 2.58 bits per heavy atom. The number of allylic oxidation sites excluding steroid dienone is 3. The summed E-state index contributed by atoms with van der Waals surface area (Å²) < 4.78 is 84.5. The zero-order valence-electron chi connectivity index (χ0n) is 20.5. The van der Waals surface area contributed by atoms with Crippen LogP contribution in [0, 0.1) is 11.6 Å². The van der Waals surface area contributed by atoms with E-state index >= 15 is 4.39 Å². The Morgan fingerprint density at radius 2 is 1.87 bits per heavy atom. The van der Waals surface area contributed by atoms with Crippen molar-refractivity contribution < 1.29 is 31.1 Å². The van der Waals surface area contributed by atoms with Crippen molar-refractivity contribution in [2.24, 2.45) is 0 Å². The van der Waals surface area contributed by atoms with Gasteiger partial charge in [-0.3, -0.25) is 4.72 Å². The average molecular weight is 660 g/mol. The van der Waals surface area contributed by atoms with Gasteiger partial charge in [-0.05, 0) is 43.7 Å². The second-order valence-electron chi connectivity index (χ2n) is 9.72. The summed E-state index contributed by atoms with van der Waals surface area (Å²) in [7, 11) is -4.02. The van der Waals surface area contributed by atoms with E-state index < -0.39 is 37.9 Å². The van der Waals surface area contributed by atoms with Gasteiger partial charge in [0, 0.05) is 22.5 Å². The Morgan fingerprint density at radius 1 is 1.11 bits per heavy atom. The number of nitrogens with one attached hydrogen (secondary N) is 2. The van der Waals surface area contributed by atoms with E-state index in [1.807, 2.05) is 30.3 Å². The maximum Gasteiger partial charge on any atom is 0.238 e. The zero-order chi connectivity index (χ0) is 26.9. The summed E-state index contributed by atoms with van der Waals surface area (Å²) in [5.41, 5.74) is 0.226. The summed E-state index contributed by atoms with van der Waals surface area (Å²) in [6.07, 6.45) is 5.24. The number of sulfonamides is 1. The van der Waals surface area contributed by atoms with Crippen LogP contribution >= 0.6 is 22.6 Å². The lowest BCUT2D eigenvalue weighted by atomic mass is 10.1. The molecule has 1 aliphatic heterocycles. The van der Waals surface area contributed by atoms with Crippen LogP contribution in [0.3, 0.4) is 0 Å². The van der Waals surface area contributed by atoms with E-state index in [-0.39, 0.29) is 39.6 Å². The molecule has 1 atom stereocenters. The lowest BCUT2D eigenvalue weighted by molar-refractivity contribution is 0.116. The molecule has 5 rings (SSSR count). The van der Waals surface area contributed by atoms with Gasteiger partial charge in [-0.2, -0.15) is 0 Å². The first-order valence-corrected chi connectivity index (χ1v) is 15.2. The number of hydrogen-bond donors (Lipinski definition) is 2. The van der Waals surface area contributed by atoms with E-state index in [1.165, 1.54) is 12.2 Å². The number of hydrogen-bond acceptors (Lipinski definition) is 5. The highest BCUT2D eigenvalue weighted by Gasteiger charge is 2.54. The van der Waals surface area contributed by atoms with Gasteiger partial charge in [-0.25, -0.2) is 21.6 Å².